The maximum absolute atomic E-state index is 12.2. The Morgan fingerprint density at radius 2 is 1.70 bits per heavy atom. The highest BCUT2D eigenvalue weighted by molar-refractivity contribution is 5.97. The molecule has 0 spiro atoms. The van der Waals surface area contributed by atoms with Crippen LogP contribution in [0.5, 0.6) is 0 Å². The van der Waals surface area contributed by atoms with E-state index in [9.17, 15) is 24.5 Å². The normalized spacial score (nSPS) is 11.2. The van der Waals surface area contributed by atoms with E-state index in [1.165, 1.54) is 32.0 Å². The van der Waals surface area contributed by atoms with E-state index in [1.54, 1.807) is 30.3 Å². The predicted molar refractivity (Wildman–Crippen MR) is 94.8 cm³/mol. The highest BCUT2D eigenvalue weighted by atomic mass is 16.6. The molecule has 1 atom stereocenters. The Kier molecular flexibility index (Phi) is 6.21. The Morgan fingerprint density at radius 1 is 1.04 bits per heavy atom. The molecule has 0 fully saturated rings. The molecule has 0 heterocycles. The van der Waals surface area contributed by atoms with Crippen LogP contribution < -0.4 is 10.9 Å². The van der Waals surface area contributed by atoms with Crippen molar-refractivity contribution in [1.29, 1.82) is 0 Å². The summed E-state index contributed by atoms with van der Waals surface area (Å²) in [5, 5.41) is 10.9. The molecule has 0 aromatic heterocycles. The van der Waals surface area contributed by atoms with Crippen LogP contribution in [0.3, 0.4) is 0 Å². The predicted octanol–water partition coefficient (Wildman–Crippen LogP) is 1.91. The molecule has 0 aliphatic carbocycles. The zero-order valence-electron chi connectivity index (χ0n) is 14.6. The molecule has 2 aromatic rings. The molecule has 0 saturated heterocycles. The third kappa shape index (κ3) is 4.88. The first-order chi connectivity index (χ1) is 12.8. The van der Waals surface area contributed by atoms with Crippen molar-refractivity contribution in [1.82, 2.24) is 10.9 Å². The summed E-state index contributed by atoms with van der Waals surface area (Å²) < 4.78 is 5.03. The molecular weight excluding hydrogens is 354 g/mol. The largest absolute Gasteiger partial charge is 0.449 e. The Hall–Kier alpha value is -3.75. The van der Waals surface area contributed by atoms with Crippen LogP contribution in [-0.2, 0) is 9.53 Å². The van der Waals surface area contributed by atoms with Crippen molar-refractivity contribution >= 4 is 23.5 Å². The van der Waals surface area contributed by atoms with Crippen molar-refractivity contribution in [2.75, 3.05) is 0 Å². The Labute approximate surface area is 154 Å². The van der Waals surface area contributed by atoms with Gasteiger partial charge in [0.25, 0.3) is 17.5 Å². The molecule has 2 N–H and O–H groups in total. The smallest absolute Gasteiger partial charge is 0.339 e. The van der Waals surface area contributed by atoms with E-state index < -0.39 is 28.8 Å². The zero-order valence-corrected chi connectivity index (χ0v) is 14.6. The summed E-state index contributed by atoms with van der Waals surface area (Å²) in [6.45, 7) is 2.73. The third-order valence-electron chi connectivity index (χ3n) is 3.71. The van der Waals surface area contributed by atoms with Crippen LogP contribution in [0.4, 0.5) is 5.69 Å². The number of esters is 1. The lowest BCUT2D eigenvalue weighted by Crippen LogP contribution is -2.46. The van der Waals surface area contributed by atoms with Crippen LogP contribution in [0, 0.1) is 17.0 Å². The van der Waals surface area contributed by atoms with Gasteiger partial charge in [0.15, 0.2) is 6.10 Å². The van der Waals surface area contributed by atoms with Crippen molar-refractivity contribution < 1.29 is 24.0 Å². The van der Waals surface area contributed by atoms with E-state index in [2.05, 4.69) is 10.9 Å². The minimum atomic E-state index is -1.23. The summed E-state index contributed by atoms with van der Waals surface area (Å²) >= 11 is 0. The summed E-state index contributed by atoms with van der Waals surface area (Å²) in [6, 6.07) is 12.2. The molecule has 2 aromatic carbocycles. The third-order valence-corrected chi connectivity index (χ3v) is 3.71. The van der Waals surface area contributed by atoms with Crippen molar-refractivity contribution in [2.24, 2.45) is 0 Å². The summed E-state index contributed by atoms with van der Waals surface area (Å²) in [6.07, 6.45) is -1.23. The van der Waals surface area contributed by atoms with Gasteiger partial charge in [-0.25, -0.2) is 4.79 Å². The fraction of sp³-hybridized carbons (Fsp3) is 0.167. The number of ether oxygens (including phenoxy) is 1. The van der Waals surface area contributed by atoms with Crippen LogP contribution in [0.15, 0.2) is 48.5 Å². The monoisotopic (exact) mass is 371 g/mol. The minimum Gasteiger partial charge on any atom is -0.449 e. The fourth-order valence-electron chi connectivity index (χ4n) is 2.20. The van der Waals surface area contributed by atoms with Gasteiger partial charge in [-0.3, -0.25) is 30.6 Å². The van der Waals surface area contributed by atoms with Crippen LogP contribution in [0.1, 0.15) is 33.2 Å². The number of hydrogen-bond donors (Lipinski definition) is 2. The van der Waals surface area contributed by atoms with Gasteiger partial charge in [0.05, 0.1) is 10.5 Å². The van der Waals surface area contributed by atoms with Crippen molar-refractivity contribution in [3.63, 3.8) is 0 Å². The number of carbonyl (C=O) groups excluding carboxylic acids is 3. The first-order valence-electron chi connectivity index (χ1n) is 7.91. The van der Waals surface area contributed by atoms with Crippen LogP contribution >= 0.6 is 0 Å². The lowest BCUT2D eigenvalue weighted by atomic mass is 10.1. The lowest BCUT2D eigenvalue weighted by molar-refractivity contribution is -0.385. The standard InChI is InChI=1S/C18H17N3O6/c1-11-14(9-6-10-15(11)21(25)26)18(24)27-12(2)16(22)19-20-17(23)13-7-4-3-5-8-13/h3-10,12H,1-2H3,(H,19,22)(H,20,23)/t12-/m0/s1. The number of nitro benzene ring substituents is 1. The molecule has 0 aliphatic rings. The van der Waals surface area contributed by atoms with Gasteiger partial charge in [-0.15, -0.1) is 0 Å². The van der Waals surface area contributed by atoms with Crippen molar-refractivity contribution in [3.05, 3.63) is 75.3 Å². The minimum absolute atomic E-state index is 0.0165. The number of hydrazine groups is 1. The number of carbonyl (C=O) groups is 3. The second kappa shape index (κ2) is 8.56. The van der Waals surface area contributed by atoms with E-state index in [-0.39, 0.29) is 16.8 Å². The fourth-order valence-corrected chi connectivity index (χ4v) is 2.20. The summed E-state index contributed by atoms with van der Waals surface area (Å²) in [4.78, 5) is 46.4. The average Bonchev–Trinajstić information content (AvgIpc) is 2.66. The van der Waals surface area contributed by atoms with Gasteiger partial charge in [-0.2, -0.15) is 0 Å². The Bertz CT molecular complexity index is 882. The zero-order chi connectivity index (χ0) is 20.0. The SMILES string of the molecule is Cc1c(C(=O)O[C@@H](C)C(=O)NNC(=O)c2ccccc2)cccc1[N+](=O)[O-]. The van der Waals surface area contributed by atoms with E-state index in [0.29, 0.717) is 5.56 Å². The number of nitrogens with one attached hydrogen (secondary N) is 2. The van der Waals surface area contributed by atoms with E-state index in [0.717, 1.165) is 0 Å². The maximum atomic E-state index is 12.2. The second-order valence-electron chi connectivity index (χ2n) is 5.56. The first-order valence-corrected chi connectivity index (χ1v) is 7.91. The van der Waals surface area contributed by atoms with Crippen LogP contribution in [0.2, 0.25) is 0 Å². The number of amides is 2. The maximum Gasteiger partial charge on any atom is 0.339 e. The topological polar surface area (TPSA) is 128 Å². The van der Waals surface area contributed by atoms with Gasteiger partial charge in [0, 0.05) is 17.2 Å². The van der Waals surface area contributed by atoms with Gasteiger partial charge in [-0.1, -0.05) is 24.3 Å². The van der Waals surface area contributed by atoms with Gasteiger partial charge in [0.1, 0.15) is 0 Å². The summed E-state index contributed by atoms with van der Waals surface area (Å²) in [5.74, 6) is -2.17. The van der Waals surface area contributed by atoms with Gasteiger partial charge >= 0.3 is 5.97 Å². The lowest BCUT2D eigenvalue weighted by Gasteiger charge is -2.14. The molecule has 2 amide bonds. The quantitative estimate of drug-likeness (QED) is 0.469. The van der Waals surface area contributed by atoms with Crippen molar-refractivity contribution in [2.45, 2.75) is 20.0 Å². The first kappa shape index (κ1) is 19.6. The molecule has 0 bridgehead atoms. The number of benzene rings is 2. The van der Waals surface area contributed by atoms with Crippen molar-refractivity contribution in [3.8, 4) is 0 Å². The Balaban J connectivity index is 1.96. The molecule has 0 radical (unpaired) electrons. The van der Waals surface area contributed by atoms with Gasteiger partial charge < -0.3 is 4.74 Å². The second-order valence-corrected chi connectivity index (χ2v) is 5.56. The number of hydrogen-bond acceptors (Lipinski definition) is 6. The van der Waals surface area contributed by atoms with Gasteiger partial charge in [-0.05, 0) is 32.0 Å². The Morgan fingerprint density at radius 3 is 2.33 bits per heavy atom. The molecular formula is C18H17N3O6. The molecule has 2 rings (SSSR count). The van der Waals surface area contributed by atoms with E-state index in [1.807, 2.05) is 0 Å². The molecule has 9 heteroatoms. The van der Waals surface area contributed by atoms with Gasteiger partial charge in [0.2, 0.25) is 0 Å². The number of nitrogens with zero attached hydrogens (tertiary/aromatic N) is 1. The highest BCUT2D eigenvalue weighted by Gasteiger charge is 2.23. The van der Waals surface area contributed by atoms with Crippen LogP contribution in [0.25, 0.3) is 0 Å². The number of nitro groups is 1. The molecule has 140 valence electrons. The molecule has 27 heavy (non-hydrogen) atoms. The molecule has 9 nitrogen and oxygen atoms in total. The van der Waals surface area contributed by atoms with Crippen LogP contribution in [-0.4, -0.2) is 28.8 Å². The summed E-state index contributed by atoms with van der Waals surface area (Å²) in [7, 11) is 0. The highest BCUT2D eigenvalue weighted by Crippen LogP contribution is 2.22. The van der Waals surface area contributed by atoms with E-state index in [4.69, 9.17) is 4.74 Å². The average molecular weight is 371 g/mol. The van der Waals surface area contributed by atoms with E-state index >= 15 is 0 Å². The molecule has 0 unspecified atom stereocenters. The molecule has 0 saturated carbocycles. The molecule has 0 aliphatic heterocycles. The number of rotatable bonds is 5. The summed E-state index contributed by atoms with van der Waals surface area (Å²) in [5.41, 5.74) is 4.60.